The minimum Gasteiger partial charge on any atom is -0.364 e. The fraction of sp³-hybridized carbons (Fsp3) is 0.700. The summed E-state index contributed by atoms with van der Waals surface area (Å²) in [7, 11) is -2.19. The first kappa shape index (κ1) is 8.72. The third-order valence-electron chi connectivity index (χ3n) is 3.23. The van der Waals surface area contributed by atoms with E-state index >= 15 is 0 Å². The molecule has 2 aliphatic rings. The molecule has 2 aliphatic carbocycles. The van der Waals surface area contributed by atoms with Gasteiger partial charge in [0.2, 0.25) is 0 Å². The maximum absolute atomic E-state index is 12.9. The van der Waals surface area contributed by atoms with Crippen LogP contribution in [0.25, 0.3) is 0 Å². The molecule has 0 spiro atoms. The van der Waals surface area contributed by atoms with Crippen LogP contribution in [0, 0.1) is 6.92 Å². The van der Waals surface area contributed by atoms with Crippen LogP contribution < -0.4 is 5.44 Å². The number of aryl methyl sites for hydroxylation is 1. The monoisotopic (exact) mass is 211 g/mol. The molecule has 1 aromatic rings. The van der Waals surface area contributed by atoms with E-state index in [1.165, 1.54) is 0 Å². The molecule has 76 valence electrons. The molecular formula is C10H14NO2P. The zero-order valence-electron chi connectivity index (χ0n) is 8.27. The van der Waals surface area contributed by atoms with Gasteiger partial charge in [0.05, 0.1) is 0 Å². The highest BCUT2D eigenvalue weighted by atomic mass is 31.2. The summed E-state index contributed by atoms with van der Waals surface area (Å²) < 4.78 is 17.8. The van der Waals surface area contributed by atoms with Crippen LogP contribution in [-0.2, 0) is 4.57 Å². The summed E-state index contributed by atoms with van der Waals surface area (Å²) in [4.78, 5) is 0. The molecule has 3 rings (SSSR count). The summed E-state index contributed by atoms with van der Waals surface area (Å²) >= 11 is 0. The Kier molecular flexibility index (Phi) is 1.70. The number of hydrogen-bond acceptors (Lipinski definition) is 3. The van der Waals surface area contributed by atoms with Gasteiger partial charge in [0, 0.05) is 16.9 Å². The summed E-state index contributed by atoms with van der Waals surface area (Å²) in [6, 6.07) is 0. The average molecular weight is 211 g/mol. The zero-order valence-corrected chi connectivity index (χ0v) is 9.17. The van der Waals surface area contributed by atoms with E-state index in [2.05, 4.69) is 5.16 Å². The van der Waals surface area contributed by atoms with Crippen LogP contribution in [-0.4, -0.2) is 16.5 Å². The number of nitrogens with zero attached hydrogens (tertiary/aromatic N) is 1. The third kappa shape index (κ3) is 1.12. The lowest BCUT2D eigenvalue weighted by Gasteiger charge is -2.14. The third-order valence-corrected chi connectivity index (χ3v) is 7.53. The van der Waals surface area contributed by atoms with Crippen LogP contribution in [0.2, 0.25) is 0 Å². The number of aromatic nitrogens is 1. The summed E-state index contributed by atoms with van der Waals surface area (Å²) in [5.41, 5.74) is 2.63. The molecule has 4 heteroatoms. The topological polar surface area (TPSA) is 43.1 Å². The molecule has 0 unspecified atom stereocenters. The Balaban J connectivity index is 2.07. The smallest absolute Gasteiger partial charge is 0.146 e. The van der Waals surface area contributed by atoms with Gasteiger partial charge in [-0.05, 0) is 32.6 Å². The van der Waals surface area contributed by atoms with Gasteiger partial charge in [-0.3, -0.25) is 0 Å². The Morgan fingerprint density at radius 1 is 1.36 bits per heavy atom. The molecule has 0 aliphatic heterocycles. The Hall–Kier alpha value is -0.560. The highest BCUT2D eigenvalue weighted by Crippen LogP contribution is 2.69. The van der Waals surface area contributed by atoms with Crippen LogP contribution in [0.15, 0.2) is 10.8 Å². The Bertz CT molecular complexity index is 388. The van der Waals surface area contributed by atoms with Crippen LogP contribution in [0.3, 0.4) is 0 Å². The van der Waals surface area contributed by atoms with E-state index in [-0.39, 0.29) is 0 Å². The van der Waals surface area contributed by atoms with E-state index in [4.69, 9.17) is 4.52 Å². The van der Waals surface area contributed by atoms with Crippen molar-refractivity contribution in [1.82, 2.24) is 5.16 Å². The average Bonchev–Trinajstić information content (AvgIpc) is 3.00. The minimum absolute atomic E-state index is 0.429. The van der Waals surface area contributed by atoms with E-state index in [0.29, 0.717) is 11.3 Å². The van der Waals surface area contributed by atoms with Crippen LogP contribution in [0.1, 0.15) is 31.2 Å². The van der Waals surface area contributed by atoms with Crippen LogP contribution in [0.5, 0.6) is 0 Å². The Morgan fingerprint density at radius 3 is 2.29 bits per heavy atom. The van der Waals surface area contributed by atoms with Crippen molar-refractivity contribution in [1.29, 1.82) is 0 Å². The molecular weight excluding hydrogens is 197 g/mol. The van der Waals surface area contributed by atoms with E-state index in [1.807, 2.05) is 6.92 Å². The van der Waals surface area contributed by atoms with Crippen LogP contribution in [0.4, 0.5) is 0 Å². The predicted octanol–water partition coefficient (Wildman–Crippen LogP) is 2.30. The van der Waals surface area contributed by atoms with Gasteiger partial charge in [-0.2, -0.15) is 0 Å². The van der Waals surface area contributed by atoms with Crippen molar-refractivity contribution >= 4 is 12.6 Å². The second-order valence-corrected chi connectivity index (χ2v) is 7.80. The van der Waals surface area contributed by atoms with Gasteiger partial charge in [0.1, 0.15) is 18.8 Å². The van der Waals surface area contributed by atoms with Gasteiger partial charge in [-0.15, -0.1) is 0 Å². The Labute approximate surface area is 83.2 Å². The summed E-state index contributed by atoms with van der Waals surface area (Å²) in [6.07, 6.45) is 6.12. The second-order valence-electron chi connectivity index (χ2n) is 4.49. The number of rotatable bonds is 3. The second kappa shape index (κ2) is 2.73. The molecule has 0 aromatic carbocycles. The highest BCUT2D eigenvalue weighted by Gasteiger charge is 2.53. The van der Waals surface area contributed by atoms with Crippen molar-refractivity contribution < 1.29 is 9.09 Å². The van der Waals surface area contributed by atoms with Gasteiger partial charge in [-0.25, -0.2) is 0 Å². The molecule has 1 heterocycles. The van der Waals surface area contributed by atoms with Gasteiger partial charge in [0.15, 0.2) is 0 Å². The zero-order chi connectivity index (χ0) is 9.76. The first-order valence-corrected chi connectivity index (χ1v) is 7.08. The summed E-state index contributed by atoms with van der Waals surface area (Å²) in [5.74, 6) is 0. The first-order valence-electron chi connectivity index (χ1n) is 5.24. The molecule has 0 N–H and O–H groups in total. The van der Waals surface area contributed by atoms with Crippen molar-refractivity contribution in [3.63, 3.8) is 0 Å². The van der Waals surface area contributed by atoms with Gasteiger partial charge in [-0.1, -0.05) is 5.16 Å². The quantitative estimate of drug-likeness (QED) is 0.720. The fourth-order valence-electron chi connectivity index (χ4n) is 2.18. The highest BCUT2D eigenvalue weighted by molar-refractivity contribution is 7.73. The molecule has 0 radical (unpaired) electrons. The van der Waals surface area contributed by atoms with E-state index in [0.717, 1.165) is 36.7 Å². The lowest BCUT2D eigenvalue weighted by atomic mass is 10.4. The molecule has 1 aromatic heterocycles. The molecule has 0 atom stereocenters. The van der Waals surface area contributed by atoms with E-state index in [1.54, 1.807) is 6.26 Å². The van der Waals surface area contributed by atoms with Crippen molar-refractivity contribution in [2.45, 2.75) is 43.9 Å². The first-order chi connectivity index (χ1) is 6.73. The minimum atomic E-state index is -2.19. The largest absolute Gasteiger partial charge is 0.364 e. The molecule has 2 saturated carbocycles. The van der Waals surface area contributed by atoms with Crippen molar-refractivity contribution in [3.8, 4) is 0 Å². The molecule has 14 heavy (non-hydrogen) atoms. The molecule has 0 amide bonds. The summed E-state index contributed by atoms with van der Waals surface area (Å²) in [5, 5.41) is 3.97. The lowest BCUT2D eigenvalue weighted by Crippen LogP contribution is -2.15. The van der Waals surface area contributed by atoms with Crippen molar-refractivity contribution in [3.05, 3.63) is 11.8 Å². The molecule has 0 bridgehead atoms. The molecule has 0 saturated heterocycles. The summed E-state index contributed by atoms with van der Waals surface area (Å²) in [6.45, 7) is 1.95. The fourth-order valence-corrected chi connectivity index (χ4v) is 6.08. The lowest BCUT2D eigenvalue weighted by molar-refractivity contribution is 0.423. The van der Waals surface area contributed by atoms with Crippen molar-refractivity contribution in [2.24, 2.45) is 0 Å². The van der Waals surface area contributed by atoms with Crippen LogP contribution >= 0.6 is 7.14 Å². The maximum Gasteiger partial charge on any atom is 0.146 e. The number of hydrogen-bond donors (Lipinski definition) is 0. The molecule has 2 fully saturated rings. The maximum atomic E-state index is 12.9. The van der Waals surface area contributed by atoms with E-state index in [9.17, 15) is 4.57 Å². The standard InChI is InChI=1S/C10H14NO2P/c1-7-6-13-11-10(7)14(12,8-2-3-8)9-4-5-9/h6,8-9H,2-5H2,1H3. The predicted molar refractivity (Wildman–Crippen MR) is 54.5 cm³/mol. The SMILES string of the molecule is Cc1conc1P(=O)(C1CC1)C1CC1. The van der Waals surface area contributed by atoms with Gasteiger partial charge >= 0.3 is 0 Å². The van der Waals surface area contributed by atoms with Crippen molar-refractivity contribution in [2.75, 3.05) is 0 Å². The van der Waals surface area contributed by atoms with Gasteiger partial charge < -0.3 is 9.09 Å². The Morgan fingerprint density at radius 2 is 1.93 bits per heavy atom. The van der Waals surface area contributed by atoms with E-state index < -0.39 is 7.14 Å². The normalized spacial score (nSPS) is 22.6. The van der Waals surface area contributed by atoms with Gasteiger partial charge in [0.25, 0.3) is 0 Å². The molecule has 3 nitrogen and oxygen atoms in total.